The Balaban J connectivity index is 2.56. The summed E-state index contributed by atoms with van der Waals surface area (Å²) in [5.41, 5.74) is 6.46. The lowest BCUT2D eigenvalue weighted by atomic mass is 9.79. The van der Waals surface area contributed by atoms with Crippen LogP contribution in [0.3, 0.4) is 0 Å². The Labute approximate surface area is 110 Å². The van der Waals surface area contributed by atoms with E-state index < -0.39 is 0 Å². The van der Waals surface area contributed by atoms with Crippen molar-refractivity contribution in [2.24, 2.45) is 11.1 Å². The topological polar surface area (TPSA) is 58.3 Å². The van der Waals surface area contributed by atoms with Gasteiger partial charge in [-0.2, -0.15) is 11.8 Å². The molecule has 1 saturated heterocycles. The van der Waals surface area contributed by atoms with Crippen molar-refractivity contribution in [1.29, 1.82) is 0 Å². The van der Waals surface area contributed by atoms with E-state index in [-0.39, 0.29) is 12.1 Å². The molecule has 17 heavy (non-hydrogen) atoms. The van der Waals surface area contributed by atoms with Gasteiger partial charge in [0.25, 0.3) is 0 Å². The second-order valence-corrected chi connectivity index (χ2v) is 7.22. The van der Waals surface area contributed by atoms with Crippen molar-refractivity contribution < 1.29 is 5.11 Å². The van der Waals surface area contributed by atoms with Crippen LogP contribution in [0.15, 0.2) is 0 Å². The van der Waals surface area contributed by atoms with Crippen molar-refractivity contribution in [3.05, 3.63) is 0 Å². The van der Waals surface area contributed by atoms with Crippen LogP contribution in [0.1, 0.15) is 40.0 Å². The summed E-state index contributed by atoms with van der Waals surface area (Å²) in [6.07, 6.45) is 3.03. The SMILES string of the molecule is CC(CCCO)NC1(CN)CSCC(C)(C)C1. The van der Waals surface area contributed by atoms with Crippen molar-refractivity contribution >= 4 is 11.8 Å². The minimum absolute atomic E-state index is 0.0846. The first-order chi connectivity index (χ1) is 7.93. The zero-order chi connectivity index (χ0) is 12.9. The lowest BCUT2D eigenvalue weighted by molar-refractivity contribution is 0.203. The van der Waals surface area contributed by atoms with Crippen LogP contribution in [0.5, 0.6) is 0 Å². The van der Waals surface area contributed by atoms with E-state index in [0.717, 1.165) is 25.0 Å². The van der Waals surface area contributed by atoms with Gasteiger partial charge in [-0.05, 0) is 37.4 Å². The summed E-state index contributed by atoms with van der Waals surface area (Å²) in [5, 5.41) is 12.6. The Bertz CT molecular complexity index is 235. The molecule has 1 fully saturated rings. The summed E-state index contributed by atoms with van der Waals surface area (Å²) in [6, 6.07) is 0.431. The Hall–Kier alpha value is 0.230. The summed E-state index contributed by atoms with van der Waals surface area (Å²) in [5.74, 6) is 2.33. The fourth-order valence-corrected chi connectivity index (χ4v) is 4.27. The molecule has 2 unspecified atom stereocenters. The van der Waals surface area contributed by atoms with Gasteiger partial charge in [-0.3, -0.25) is 0 Å². The van der Waals surface area contributed by atoms with Crippen LogP contribution < -0.4 is 11.1 Å². The van der Waals surface area contributed by atoms with E-state index in [1.807, 2.05) is 11.8 Å². The van der Waals surface area contributed by atoms with E-state index in [1.54, 1.807) is 0 Å². The summed E-state index contributed by atoms with van der Waals surface area (Å²) in [7, 11) is 0. The molecule has 1 heterocycles. The van der Waals surface area contributed by atoms with E-state index in [4.69, 9.17) is 10.8 Å². The number of thioether (sulfide) groups is 1. The smallest absolute Gasteiger partial charge is 0.0431 e. The average Bonchev–Trinajstić information content (AvgIpc) is 2.25. The minimum Gasteiger partial charge on any atom is -0.396 e. The van der Waals surface area contributed by atoms with Crippen molar-refractivity contribution in [2.45, 2.75) is 51.6 Å². The number of aliphatic hydroxyl groups excluding tert-OH is 1. The van der Waals surface area contributed by atoms with Gasteiger partial charge in [0.15, 0.2) is 0 Å². The van der Waals surface area contributed by atoms with Gasteiger partial charge in [-0.15, -0.1) is 0 Å². The Morgan fingerprint density at radius 2 is 2.12 bits per heavy atom. The van der Waals surface area contributed by atoms with Crippen molar-refractivity contribution in [1.82, 2.24) is 5.32 Å². The third kappa shape index (κ3) is 4.78. The maximum atomic E-state index is 8.87. The number of hydrogen-bond donors (Lipinski definition) is 3. The summed E-state index contributed by atoms with van der Waals surface area (Å²) >= 11 is 2.01. The standard InChI is InChI=1S/C13H28N2OS/c1-11(5-4-6-16)15-13(8-14)7-12(2,3)9-17-10-13/h11,15-16H,4-10,14H2,1-3H3. The highest BCUT2D eigenvalue weighted by Gasteiger charge is 2.39. The molecule has 4 N–H and O–H groups in total. The van der Waals surface area contributed by atoms with Crippen molar-refractivity contribution in [3.8, 4) is 0 Å². The van der Waals surface area contributed by atoms with Crippen molar-refractivity contribution in [2.75, 3.05) is 24.7 Å². The molecule has 0 bridgehead atoms. The molecule has 0 radical (unpaired) electrons. The summed E-state index contributed by atoms with van der Waals surface area (Å²) < 4.78 is 0. The molecular formula is C13H28N2OS. The summed E-state index contributed by atoms with van der Waals surface area (Å²) in [4.78, 5) is 0. The number of aliphatic hydroxyl groups is 1. The molecule has 1 rings (SSSR count). The molecular weight excluding hydrogens is 232 g/mol. The number of nitrogens with two attached hydrogens (primary N) is 1. The van der Waals surface area contributed by atoms with Crippen LogP contribution in [0.2, 0.25) is 0 Å². The second kappa shape index (κ2) is 6.41. The van der Waals surface area contributed by atoms with E-state index in [9.17, 15) is 0 Å². The van der Waals surface area contributed by atoms with E-state index in [0.29, 0.717) is 18.0 Å². The third-order valence-corrected chi connectivity index (χ3v) is 5.17. The van der Waals surface area contributed by atoms with Gasteiger partial charge in [0.1, 0.15) is 0 Å². The van der Waals surface area contributed by atoms with Gasteiger partial charge >= 0.3 is 0 Å². The van der Waals surface area contributed by atoms with Gasteiger partial charge in [-0.25, -0.2) is 0 Å². The Morgan fingerprint density at radius 3 is 2.65 bits per heavy atom. The van der Waals surface area contributed by atoms with Crippen LogP contribution in [0.25, 0.3) is 0 Å². The van der Waals surface area contributed by atoms with Gasteiger partial charge in [0.05, 0.1) is 0 Å². The van der Waals surface area contributed by atoms with E-state index in [1.165, 1.54) is 5.75 Å². The number of rotatable bonds is 6. The van der Waals surface area contributed by atoms with Gasteiger partial charge in [-0.1, -0.05) is 13.8 Å². The lowest BCUT2D eigenvalue weighted by Gasteiger charge is -2.46. The van der Waals surface area contributed by atoms with Crippen LogP contribution in [-0.2, 0) is 0 Å². The van der Waals surface area contributed by atoms with Gasteiger partial charge in [0, 0.05) is 30.5 Å². The Kier molecular flexibility index (Phi) is 5.77. The Morgan fingerprint density at radius 1 is 1.41 bits per heavy atom. The third-order valence-electron chi connectivity index (χ3n) is 3.43. The van der Waals surface area contributed by atoms with Gasteiger partial charge < -0.3 is 16.2 Å². The molecule has 1 aliphatic heterocycles. The summed E-state index contributed by atoms with van der Waals surface area (Å²) in [6.45, 7) is 7.82. The highest BCUT2D eigenvalue weighted by Crippen LogP contribution is 2.39. The van der Waals surface area contributed by atoms with Crippen LogP contribution >= 0.6 is 11.8 Å². The average molecular weight is 260 g/mol. The normalized spacial score (nSPS) is 30.2. The molecule has 102 valence electrons. The first-order valence-corrected chi connectivity index (χ1v) is 7.75. The van der Waals surface area contributed by atoms with Crippen LogP contribution in [0, 0.1) is 5.41 Å². The first kappa shape index (κ1) is 15.3. The fourth-order valence-electron chi connectivity index (χ4n) is 2.82. The molecule has 3 nitrogen and oxygen atoms in total. The lowest BCUT2D eigenvalue weighted by Crippen LogP contribution is -2.60. The molecule has 0 aromatic carbocycles. The maximum Gasteiger partial charge on any atom is 0.0431 e. The van der Waals surface area contributed by atoms with Crippen molar-refractivity contribution in [3.63, 3.8) is 0 Å². The molecule has 0 amide bonds. The molecule has 0 spiro atoms. The maximum absolute atomic E-state index is 8.87. The molecule has 0 aromatic heterocycles. The minimum atomic E-state index is 0.0846. The molecule has 2 atom stereocenters. The highest BCUT2D eigenvalue weighted by atomic mass is 32.2. The predicted octanol–water partition coefficient (Wildman–Crippen LogP) is 1.60. The fraction of sp³-hybridized carbons (Fsp3) is 1.00. The molecule has 0 aromatic rings. The molecule has 4 heteroatoms. The van der Waals surface area contributed by atoms with Crippen LogP contribution in [0.4, 0.5) is 0 Å². The molecule has 0 aliphatic carbocycles. The highest BCUT2D eigenvalue weighted by molar-refractivity contribution is 7.99. The monoisotopic (exact) mass is 260 g/mol. The number of nitrogens with one attached hydrogen (secondary N) is 1. The zero-order valence-corrected chi connectivity index (χ0v) is 12.3. The van der Waals surface area contributed by atoms with Crippen LogP contribution in [-0.4, -0.2) is 41.3 Å². The largest absolute Gasteiger partial charge is 0.396 e. The zero-order valence-electron chi connectivity index (χ0n) is 11.5. The van der Waals surface area contributed by atoms with E-state index in [2.05, 4.69) is 26.1 Å². The number of hydrogen-bond acceptors (Lipinski definition) is 4. The van der Waals surface area contributed by atoms with Gasteiger partial charge in [0.2, 0.25) is 0 Å². The quantitative estimate of drug-likeness (QED) is 0.679. The molecule has 1 aliphatic rings. The molecule has 0 saturated carbocycles. The second-order valence-electron chi connectivity index (χ2n) is 6.23. The van der Waals surface area contributed by atoms with E-state index >= 15 is 0 Å². The first-order valence-electron chi connectivity index (χ1n) is 6.59. The predicted molar refractivity (Wildman–Crippen MR) is 76.4 cm³/mol.